The number of benzene rings is 4. The molecule has 1 nitrogen and oxygen atoms in total. The quantitative estimate of drug-likeness (QED) is 0.335. The maximum atomic E-state index is 6.07. The molecule has 5 aromatic rings. The van der Waals surface area contributed by atoms with Gasteiger partial charge in [0, 0.05) is 10.8 Å². The number of rotatable bonds is 1. The van der Waals surface area contributed by atoms with E-state index in [1.165, 1.54) is 38.2 Å². The van der Waals surface area contributed by atoms with E-state index < -0.39 is 0 Å². The summed E-state index contributed by atoms with van der Waals surface area (Å²) in [6.07, 6.45) is 0. The first kappa shape index (κ1) is 13.4. The summed E-state index contributed by atoms with van der Waals surface area (Å²) in [6, 6.07) is 27.6. The Labute approximate surface area is 140 Å². The first-order valence-electron chi connectivity index (χ1n) is 8.22. The third-order valence-corrected chi connectivity index (χ3v) is 4.81. The summed E-state index contributed by atoms with van der Waals surface area (Å²) >= 11 is 0. The standard InChI is InChI=1S/C23H16O/c1-15-13-14-16-7-2-3-8-17(16)22(15)19-10-6-12-21-23(19)18-9-4-5-11-20(18)24-21/h2-14H,1H3. The van der Waals surface area contributed by atoms with Crippen LogP contribution in [-0.4, -0.2) is 0 Å². The molecule has 0 aliphatic carbocycles. The fraction of sp³-hybridized carbons (Fsp3) is 0.0435. The molecule has 0 unspecified atom stereocenters. The number of hydrogen-bond donors (Lipinski definition) is 0. The first-order valence-corrected chi connectivity index (χ1v) is 8.22. The van der Waals surface area contributed by atoms with Gasteiger partial charge in [0.1, 0.15) is 11.2 Å². The topological polar surface area (TPSA) is 13.1 Å². The van der Waals surface area contributed by atoms with Gasteiger partial charge in [-0.1, -0.05) is 66.7 Å². The van der Waals surface area contributed by atoms with E-state index in [9.17, 15) is 0 Å². The van der Waals surface area contributed by atoms with Crippen molar-refractivity contribution in [3.05, 3.63) is 84.4 Å². The molecule has 0 N–H and O–H groups in total. The second-order valence-corrected chi connectivity index (χ2v) is 6.26. The summed E-state index contributed by atoms with van der Waals surface area (Å²) < 4.78 is 6.07. The minimum absolute atomic E-state index is 0.942. The number of fused-ring (bicyclic) bond motifs is 4. The lowest BCUT2D eigenvalue weighted by Gasteiger charge is -2.12. The van der Waals surface area contributed by atoms with Crippen molar-refractivity contribution in [1.82, 2.24) is 0 Å². The Kier molecular flexibility index (Phi) is 2.77. The number of para-hydroxylation sites is 1. The highest BCUT2D eigenvalue weighted by atomic mass is 16.3. The normalized spacial score (nSPS) is 11.5. The number of aryl methyl sites for hydroxylation is 1. The first-order chi connectivity index (χ1) is 11.8. The molecular formula is C23H16O. The maximum Gasteiger partial charge on any atom is 0.136 e. The summed E-state index contributed by atoms with van der Waals surface area (Å²) in [5.74, 6) is 0. The van der Waals surface area contributed by atoms with Gasteiger partial charge in [-0.25, -0.2) is 0 Å². The Balaban J connectivity index is 1.99. The van der Waals surface area contributed by atoms with Crippen molar-refractivity contribution >= 4 is 32.7 Å². The summed E-state index contributed by atoms with van der Waals surface area (Å²) in [7, 11) is 0. The summed E-state index contributed by atoms with van der Waals surface area (Å²) in [6.45, 7) is 2.18. The highest BCUT2D eigenvalue weighted by Gasteiger charge is 2.15. The molecule has 1 heteroatoms. The van der Waals surface area contributed by atoms with Gasteiger partial charge < -0.3 is 4.42 Å². The molecule has 0 atom stereocenters. The van der Waals surface area contributed by atoms with Gasteiger partial charge >= 0.3 is 0 Å². The van der Waals surface area contributed by atoms with Gasteiger partial charge in [0.05, 0.1) is 0 Å². The molecule has 4 aromatic carbocycles. The molecule has 1 heterocycles. The van der Waals surface area contributed by atoms with Crippen LogP contribution < -0.4 is 0 Å². The van der Waals surface area contributed by atoms with Crippen LogP contribution in [0.15, 0.2) is 83.3 Å². The zero-order valence-corrected chi connectivity index (χ0v) is 13.4. The average molecular weight is 308 g/mol. The third-order valence-electron chi connectivity index (χ3n) is 4.81. The van der Waals surface area contributed by atoms with Gasteiger partial charge in [0.15, 0.2) is 0 Å². The number of furan rings is 1. The molecule has 0 bridgehead atoms. The maximum absolute atomic E-state index is 6.07. The van der Waals surface area contributed by atoms with Crippen molar-refractivity contribution in [1.29, 1.82) is 0 Å². The molecule has 0 saturated carbocycles. The van der Waals surface area contributed by atoms with E-state index in [0.29, 0.717) is 0 Å². The SMILES string of the molecule is Cc1ccc2ccccc2c1-c1cccc2oc3ccccc3c12. The van der Waals surface area contributed by atoms with E-state index >= 15 is 0 Å². The zero-order chi connectivity index (χ0) is 16.1. The smallest absolute Gasteiger partial charge is 0.136 e. The summed E-state index contributed by atoms with van der Waals surface area (Å²) in [5, 5.41) is 4.93. The van der Waals surface area contributed by atoms with Gasteiger partial charge in [-0.15, -0.1) is 0 Å². The molecule has 24 heavy (non-hydrogen) atoms. The fourth-order valence-electron chi connectivity index (χ4n) is 3.72. The second kappa shape index (κ2) is 4.97. The van der Waals surface area contributed by atoms with Crippen LogP contribution in [0.1, 0.15) is 5.56 Å². The minimum atomic E-state index is 0.942. The van der Waals surface area contributed by atoms with Crippen LogP contribution in [0.4, 0.5) is 0 Å². The van der Waals surface area contributed by atoms with E-state index in [1.54, 1.807) is 0 Å². The van der Waals surface area contributed by atoms with Gasteiger partial charge in [-0.3, -0.25) is 0 Å². The molecular weight excluding hydrogens is 292 g/mol. The average Bonchev–Trinajstić information content (AvgIpc) is 3.00. The Morgan fingerprint density at radius 2 is 1.38 bits per heavy atom. The lowest BCUT2D eigenvalue weighted by Crippen LogP contribution is -1.87. The van der Waals surface area contributed by atoms with Crippen LogP contribution in [0.3, 0.4) is 0 Å². The van der Waals surface area contributed by atoms with E-state index in [2.05, 4.69) is 73.7 Å². The zero-order valence-electron chi connectivity index (χ0n) is 13.4. The molecule has 0 aliphatic heterocycles. The Morgan fingerprint density at radius 3 is 2.29 bits per heavy atom. The van der Waals surface area contributed by atoms with Crippen LogP contribution in [0.2, 0.25) is 0 Å². The van der Waals surface area contributed by atoms with Crippen LogP contribution in [0.25, 0.3) is 43.8 Å². The van der Waals surface area contributed by atoms with E-state index in [-0.39, 0.29) is 0 Å². The minimum Gasteiger partial charge on any atom is -0.456 e. The molecule has 5 rings (SSSR count). The van der Waals surface area contributed by atoms with Crippen LogP contribution in [0, 0.1) is 6.92 Å². The molecule has 0 amide bonds. The van der Waals surface area contributed by atoms with Crippen molar-refractivity contribution in [3.63, 3.8) is 0 Å². The third kappa shape index (κ3) is 1.82. The Morgan fingerprint density at radius 1 is 0.625 bits per heavy atom. The Hall–Kier alpha value is -3.06. The van der Waals surface area contributed by atoms with Crippen LogP contribution >= 0.6 is 0 Å². The van der Waals surface area contributed by atoms with Crippen LogP contribution in [0.5, 0.6) is 0 Å². The highest BCUT2D eigenvalue weighted by Crippen LogP contribution is 2.40. The van der Waals surface area contributed by atoms with Gasteiger partial charge in [0.25, 0.3) is 0 Å². The monoisotopic (exact) mass is 308 g/mol. The molecule has 114 valence electrons. The van der Waals surface area contributed by atoms with Crippen molar-refractivity contribution in [2.45, 2.75) is 6.92 Å². The number of hydrogen-bond acceptors (Lipinski definition) is 1. The molecule has 0 spiro atoms. The van der Waals surface area contributed by atoms with Gasteiger partial charge in [-0.05, 0) is 46.5 Å². The van der Waals surface area contributed by atoms with E-state index in [0.717, 1.165) is 11.2 Å². The molecule has 1 aromatic heterocycles. The van der Waals surface area contributed by atoms with E-state index in [4.69, 9.17) is 4.42 Å². The van der Waals surface area contributed by atoms with Gasteiger partial charge in [0.2, 0.25) is 0 Å². The van der Waals surface area contributed by atoms with Crippen molar-refractivity contribution in [3.8, 4) is 11.1 Å². The van der Waals surface area contributed by atoms with E-state index in [1.807, 2.05) is 12.1 Å². The lowest BCUT2D eigenvalue weighted by atomic mass is 9.91. The highest BCUT2D eigenvalue weighted by molar-refractivity contribution is 6.15. The predicted octanol–water partition coefficient (Wildman–Crippen LogP) is 6.71. The largest absolute Gasteiger partial charge is 0.456 e. The Bertz CT molecular complexity index is 1210. The van der Waals surface area contributed by atoms with Crippen molar-refractivity contribution < 1.29 is 4.42 Å². The van der Waals surface area contributed by atoms with Crippen molar-refractivity contribution in [2.75, 3.05) is 0 Å². The van der Waals surface area contributed by atoms with Crippen molar-refractivity contribution in [2.24, 2.45) is 0 Å². The van der Waals surface area contributed by atoms with Crippen LogP contribution in [-0.2, 0) is 0 Å². The molecule has 0 fully saturated rings. The fourth-order valence-corrected chi connectivity index (χ4v) is 3.72. The van der Waals surface area contributed by atoms with Gasteiger partial charge in [-0.2, -0.15) is 0 Å². The predicted molar refractivity (Wildman–Crippen MR) is 101 cm³/mol. The summed E-state index contributed by atoms with van der Waals surface area (Å²) in [4.78, 5) is 0. The molecule has 0 aliphatic rings. The summed E-state index contributed by atoms with van der Waals surface area (Å²) in [5.41, 5.74) is 5.71. The molecule has 0 radical (unpaired) electrons. The lowest BCUT2D eigenvalue weighted by molar-refractivity contribution is 0.669. The molecule has 0 saturated heterocycles. The second-order valence-electron chi connectivity index (χ2n) is 6.26.